The summed E-state index contributed by atoms with van der Waals surface area (Å²) in [6.07, 6.45) is 4.40. The molecule has 1 saturated heterocycles. The molecule has 1 aliphatic rings. The second-order valence-corrected chi connectivity index (χ2v) is 6.29. The number of pyridine rings is 1. The zero-order valence-electron chi connectivity index (χ0n) is 15.2. The van der Waals surface area contributed by atoms with Crippen molar-refractivity contribution < 1.29 is 14.3 Å². The van der Waals surface area contributed by atoms with Crippen molar-refractivity contribution in [2.45, 2.75) is 12.8 Å². The highest BCUT2D eigenvalue weighted by Gasteiger charge is 2.27. The molecule has 27 heavy (non-hydrogen) atoms. The van der Waals surface area contributed by atoms with Crippen molar-refractivity contribution in [3.05, 3.63) is 59.9 Å². The average Bonchev–Trinajstić information content (AvgIpc) is 2.74. The van der Waals surface area contributed by atoms with Crippen LogP contribution in [0.15, 0.2) is 53.8 Å². The third-order valence-corrected chi connectivity index (χ3v) is 4.53. The molecular formula is C20H22N4O3. The van der Waals surface area contributed by atoms with E-state index in [1.165, 1.54) is 6.21 Å². The molecule has 2 heterocycles. The molecule has 0 spiro atoms. The lowest BCUT2D eigenvalue weighted by Gasteiger charge is -2.31. The van der Waals surface area contributed by atoms with Crippen LogP contribution in [-0.4, -0.2) is 48.1 Å². The molecule has 0 aliphatic carbocycles. The van der Waals surface area contributed by atoms with Gasteiger partial charge in [-0.1, -0.05) is 12.1 Å². The van der Waals surface area contributed by atoms with E-state index in [0.717, 1.165) is 0 Å². The molecule has 1 aromatic carbocycles. The number of benzene rings is 1. The number of likely N-dealkylation sites (tertiary alicyclic amines) is 1. The summed E-state index contributed by atoms with van der Waals surface area (Å²) in [5.41, 5.74) is 3.83. The van der Waals surface area contributed by atoms with E-state index in [1.54, 1.807) is 48.5 Å². The number of hydrogen-bond acceptors (Lipinski definition) is 5. The number of carbonyl (C=O) groups excluding carboxylic acids is 2. The molecule has 140 valence electrons. The Morgan fingerprint density at radius 3 is 2.74 bits per heavy atom. The van der Waals surface area contributed by atoms with Crippen molar-refractivity contribution in [1.29, 1.82) is 0 Å². The molecule has 1 aromatic heterocycles. The predicted molar refractivity (Wildman–Crippen MR) is 102 cm³/mol. The number of methoxy groups -OCH3 is 1. The second kappa shape index (κ2) is 8.93. The minimum absolute atomic E-state index is 0.0408. The molecule has 7 heteroatoms. The number of piperidine rings is 1. The fourth-order valence-electron chi connectivity index (χ4n) is 2.99. The summed E-state index contributed by atoms with van der Waals surface area (Å²) in [6, 6.07) is 12.6. The van der Waals surface area contributed by atoms with Crippen LogP contribution in [-0.2, 0) is 4.79 Å². The predicted octanol–water partition coefficient (Wildman–Crippen LogP) is 2.09. The third kappa shape index (κ3) is 4.91. The van der Waals surface area contributed by atoms with E-state index < -0.39 is 0 Å². The fraction of sp³-hybridized carbons (Fsp3) is 0.300. The van der Waals surface area contributed by atoms with Crippen molar-refractivity contribution in [2.75, 3.05) is 20.2 Å². The molecule has 2 amide bonds. The molecule has 1 fully saturated rings. The van der Waals surface area contributed by atoms with Gasteiger partial charge in [0.25, 0.3) is 5.91 Å². The lowest BCUT2D eigenvalue weighted by molar-refractivity contribution is -0.126. The van der Waals surface area contributed by atoms with Crippen LogP contribution in [0.4, 0.5) is 0 Å². The first-order valence-corrected chi connectivity index (χ1v) is 8.84. The maximum absolute atomic E-state index is 12.6. The average molecular weight is 366 g/mol. The van der Waals surface area contributed by atoms with Gasteiger partial charge in [-0.05, 0) is 43.2 Å². The Labute approximate surface area is 158 Å². The zero-order valence-corrected chi connectivity index (χ0v) is 15.2. The number of carbonyl (C=O) groups is 2. The molecule has 7 nitrogen and oxygen atoms in total. The first-order chi connectivity index (χ1) is 13.2. The van der Waals surface area contributed by atoms with Gasteiger partial charge in [0.05, 0.1) is 19.0 Å². The van der Waals surface area contributed by atoms with Gasteiger partial charge in [-0.3, -0.25) is 14.6 Å². The summed E-state index contributed by atoms with van der Waals surface area (Å²) in [5, 5.41) is 3.96. The Morgan fingerprint density at radius 1 is 1.22 bits per heavy atom. The first kappa shape index (κ1) is 18.6. The highest BCUT2D eigenvalue weighted by Crippen LogP contribution is 2.21. The number of nitrogens with zero attached hydrogens (tertiary/aromatic N) is 3. The van der Waals surface area contributed by atoms with Crippen LogP contribution in [0, 0.1) is 5.92 Å². The summed E-state index contributed by atoms with van der Waals surface area (Å²) in [7, 11) is 1.57. The van der Waals surface area contributed by atoms with Crippen molar-refractivity contribution in [1.82, 2.24) is 15.3 Å². The van der Waals surface area contributed by atoms with Crippen LogP contribution in [0.3, 0.4) is 0 Å². The Hall–Kier alpha value is -3.22. The summed E-state index contributed by atoms with van der Waals surface area (Å²) in [5.74, 6) is 0.331. The number of ether oxygens (including phenoxy) is 1. The number of hydrazone groups is 1. The van der Waals surface area contributed by atoms with Crippen molar-refractivity contribution in [3.63, 3.8) is 0 Å². The maximum atomic E-state index is 12.6. The van der Waals surface area contributed by atoms with E-state index in [9.17, 15) is 9.59 Å². The molecule has 0 bridgehead atoms. The number of nitrogens with one attached hydrogen (secondary N) is 1. The first-order valence-electron chi connectivity index (χ1n) is 8.84. The van der Waals surface area contributed by atoms with Gasteiger partial charge in [0.1, 0.15) is 5.75 Å². The standard InChI is InChI=1S/C20H22N4O3/c1-27-18-7-4-5-16(13-18)20(26)24-11-8-15(9-12-24)19(25)23-22-14-17-6-2-3-10-21-17/h2-7,10,13-15H,8-9,11-12H2,1H3,(H,23,25)/b22-14-. The van der Waals surface area contributed by atoms with Crippen LogP contribution >= 0.6 is 0 Å². The summed E-state index contributed by atoms with van der Waals surface area (Å²) < 4.78 is 5.17. The number of aromatic nitrogens is 1. The summed E-state index contributed by atoms with van der Waals surface area (Å²) in [4.78, 5) is 30.7. The van der Waals surface area contributed by atoms with Crippen LogP contribution in [0.2, 0.25) is 0 Å². The fourth-order valence-corrected chi connectivity index (χ4v) is 2.99. The molecule has 0 unspecified atom stereocenters. The lowest BCUT2D eigenvalue weighted by atomic mass is 9.95. The highest BCUT2D eigenvalue weighted by molar-refractivity contribution is 5.94. The van der Waals surface area contributed by atoms with E-state index in [2.05, 4.69) is 15.5 Å². The highest BCUT2D eigenvalue weighted by atomic mass is 16.5. The van der Waals surface area contributed by atoms with Crippen LogP contribution in [0.25, 0.3) is 0 Å². The molecule has 1 aliphatic heterocycles. The van der Waals surface area contributed by atoms with Crippen LogP contribution in [0.1, 0.15) is 28.9 Å². The third-order valence-electron chi connectivity index (χ3n) is 4.53. The Kier molecular flexibility index (Phi) is 6.14. The van der Waals surface area contributed by atoms with E-state index in [4.69, 9.17) is 4.74 Å². The zero-order chi connectivity index (χ0) is 19.1. The summed E-state index contributed by atoms with van der Waals surface area (Å²) in [6.45, 7) is 1.08. The lowest BCUT2D eigenvalue weighted by Crippen LogP contribution is -2.42. The van der Waals surface area contributed by atoms with E-state index in [-0.39, 0.29) is 17.7 Å². The SMILES string of the molecule is COc1cccc(C(=O)N2CCC(C(=O)N/N=C\c3ccccn3)CC2)c1. The van der Waals surface area contributed by atoms with Gasteiger partial charge in [0.2, 0.25) is 5.91 Å². The Bertz CT molecular complexity index is 815. The second-order valence-electron chi connectivity index (χ2n) is 6.29. The number of rotatable bonds is 5. The number of hydrogen-bond donors (Lipinski definition) is 1. The maximum Gasteiger partial charge on any atom is 0.253 e. The quantitative estimate of drug-likeness (QED) is 0.649. The minimum Gasteiger partial charge on any atom is -0.497 e. The Balaban J connectivity index is 1.50. The molecule has 0 radical (unpaired) electrons. The largest absolute Gasteiger partial charge is 0.497 e. The van der Waals surface area contributed by atoms with Gasteiger partial charge in [0.15, 0.2) is 0 Å². The van der Waals surface area contributed by atoms with E-state index in [1.807, 2.05) is 12.1 Å². The van der Waals surface area contributed by atoms with Crippen molar-refractivity contribution in [2.24, 2.45) is 11.0 Å². The van der Waals surface area contributed by atoms with Crippen molar-refractivity contribution in [3.8, 4) is 5.75 Å². The molecule has 1 N–H and O–H groups in total. The molecule has 0 saturated carbocycles. The molecular weight excluding hydrogens is 344 g/mol. The van der Waals surface area contributed by atoms with Crippen molar-refractivity contribution >= 4 is 18.0 Å². The van der Waals surface area contributed by atoms with E-state index in [0.29, 0.717) is 42.9 Å². The molecule has 0 atom stereocenters. The van der Waals surface area contributed by atoms with Crippen LogP contribution in [0.5, 0.6) is 5.75 Å². The van der Waals surface area contributed by atoms with Gasteiger partial charge < -0.3 is 9.64 Å². The molecule has 2 aromatic rings. The minimum atomic E-state index is -0.153. The number of amides is 2. The van der Waals surface area contributed by atoms with Gasteiger partial charge in [0, 0.05) is 30.8 Å². The van der Waals surface area contributed by atoms with Gasteiger partial charge in [-0.15, -0.1) is 0 Å². The van der Waals surface area contributed by atoms with Gasteiger partial charge in [-0.2, -0.15) is 5.10 Å². The monoisotopic (exact) mass is 366 g/mol. The molecule has 3 rings (SSSR count). The van der Waals surface area contributed by atoms with Gasteiger partial charge in [-0.25, -0.2) is 5.43 Å². The van der Waals surface area contributed by atoms with Crippen LogP contribution < -0.4 is 10.2 Å². The normalized spacial score (nSPS) is 14.9. The van der Waals surface area contributed by atoms with Gasteiger partial charge >= 0.3 is 0 Å². The van der Waals surface area contributed by atoms with E-state index >= 15 is 0 Å². The smallest absolute Gasteiger partial charge is 0.253 e. The Morgan fingerprint density at radius 2 is 2.04 bits per heavy atom. The topological polar surface area (TPSA) is 83.9 Å². The summed E-state index contributed by atoms with van der Waals surface area (Å²) >= 11 is 0.